The van der Waals surface area contributed by atoms with Crippen LogP contribution in [0.4, 0.5) is 18.9 Å². The molecule has 128 valence electrons. The molecule has 0 aliphatic carbocycles. The van der Waals surface area contributed by atoms with Crippen molar-refractivity contribution >= 4 is 11.6 Å². The van der Waals surface area contributed by atoms with E-state index in [-0.39, 0.29) is 24.3 Å². The number of anilines is 1. The van der Waals surface area contributed by atoms with E-state index >= 15 is 0 Å². The van der Waals surface area contributed by atoms with Crippen molar-refractivity contribution in [3.63, 3.8) is 0 Å². The highest BCUT2D eigenvalue weighted by atomic mass is 19.4. The molecule has 1 saturated heterocycles. The number of guanidine groups is 1. The average Bonchev–Trinajstić information content (AvgIpc) is 2.78. The fraction of sp³-hybridized carbons (Fsp3) is 0.500. The van der Waals surface area contributed by atoms with Gasteiger partial charge >= 0.3 is 6.36 Å². The lowest BCUT2D eigenvalue weighted by Crippen LogP contribution is -2.40. The van der Waals surface area contributed by atoms with Gasteiger partial charge in [0.2, 0.25) is 0 Å². The van der Waals surface area contributed by atoms with Gasteiger partial charge in [-0.25, -0.2) is 0 Å². The quantitative estimate of drug-likeness (QED) is 0.578. The van der Waals surface area contributed by atoms with Gasteiger partial charge in [-0.2, -0.15) is 0 Å². The van der Waals surface area contributed by atoms with Crippen LogP contribution in [0.5, 0.6) is 5.75 Å². The minimum atomic E-state index is -4.81. The second-order valence-electron chi connectivity index (χ2n) is 5.24. The summed E-state index contributed by atoms with van der Waals surface area (Å²) in [6, 6.07) is 5.46. The molecule has 1 aliphatic heterocycles. The third-order valence-corrected chi connectivity index (χ3v) is 3.56. The highest BCUT2D eigenvalue weighted by molar-refractivity contribution is 5.93. The van der Waals surface area contributed by atoms with Crippen molar-refractivity contribution in [1.82, 2.24) is 0 Å². The van der Waals surface area contributed by atoms with E-state index in [1.54, 1.807) is 6.92 Å². The number of benzene rings is 1. The van der Waals surface area contributed by atoms with Crippen LogP contribution in [0.25, 0.3) is 0 Å². The number of halogens is 3. The molecule has 1 fully saturated rings. The Kier molecular flexibility index (Phi) is 5.00. The zero-order valence-corrected chi connectivity index (χ0v) is 12.4. The molecule has 1 heterocycles. The van der Waals surface area contributed by atoms with Crippen molar-refractivity contribution in [1.29, 1.82) is 0 Å². The Morgan fingerprint density at radius 2 is 2.22 bits per heavy atom. The molecule has 0 aromatic heterocycles. The van der Waals surface area contributed by atoms with Crippen molar-refractivity contribution in [3.05, 3.63) is 24.3 Å². The molecule has 2 unspecified atom stereocenters. The molecule has 0 saturated carbocycles. The van der Waals surface area contributed by atoms with Gasteiger partial charge in [0, 0.05) is 13.0 Å². The van der Waals surface area contributed by atoms with Gasteiger partial charge in [0.25, 0.3) is 0 Å². The summed E-state index contributed by atoms with van der Waals surface area (Å²) in [5.41, 5.74) is 4.56. The first-order chi connectivity index (χ1) is 10.7. The molecule has 0 bridgehead atoms. The Morgan fingerprint density at radius 3 is 2.83 bits per heavy atom. The number of nitrogens with two attached hydrogens (primary N) is 1. The number of para-hydroxylation sites is 2. The number of hydrogen-bond acceptors (Lipinski definition) is 4. The Morgan fingerprint density at radius 1 is 1.52 bits per heavy atom. The normalized spacial score (nSPS) is 25.4. The van der Waals surface area contributed by atoms with Gasteiger partial charge in [0.15, 0.2) is 11.7 Å². The maximum absolute atomic E-state index is 12.3. The first-order valence-electron chi connectivity index (χ1n) is 6.95. The summed E-state index contributed by atoms with van der Waals surface area (Å²) in [7, 11) is 0. The summed E-state index contributed by atoms with van der Waals surface area (Å²) in [5.74, 6) is -0.551. The number of alkyl halides is 3. The second kappa shape index (κ2) is 6.63. The van der Waals surface area contributed by atoms with E-state index in [9.17, 15) is 18.3 Å². The number of ether oxygens (including phenoxy) is 2. The highest BCUT2D eigenvalue weighted by Crippen LogP contribution is 2.30. The Hall–Kier alpha value is -2.00. The van der Waals surface area contributed by atoms with Crippen LogP contribution in [0.1, 0.15) is 13.3 Å². The smallest absolute Gasteiger partial charge is 0.404 e. The topological polar surface area (TPSA) is 89.1 Å². The van der Waals surface area contributed by atoms with Gasteiger partial charge in [0.05, 0.1) is 18.3 Å². The van der Waals surface area contributed by atoms with Gasteiger partial charge in [-0.1, -0.05) is 12.1 Å². The van der Waals surface area contributed by atoms with Gasteiger partial charge in [0.1, 0.15) is 5.60 Å². The Labute approximate surface area is 131 Å². The number of aliphatic imine (C=N–C) groups is 1. The average molecular weight is 333 g/mol. The summed E-state index contributed by atoms with van der Waals surface area (Å²) >= 11 is 0. The Balaban J connectivity index is 2.05. The van der Waals surface area contributed by atoms with Gasteiger partial charge in [-0.05, 0) is 19.1 Å². The maximum Gasteiger partial charge on any atom is 0.573 e. The van der Waals surface area contributed by atoms with Crippen molar-refractivity contribution in [2.24, 2.45) is 10.7 Å². The summed E-state index contributed by atoms with van der Waals surface area (Å²) < 4.78 is 46.2. The lowest BCUT2D eigenvalue weighted by atomic mass is 9.97. The SMILES string of the molecule is CC1OCCC1(O)CN=C(N)Nc1ccccc1OC(F)(F)F. The van der Waals surface area contributed by atoms with Crippen molar-refractivity contribution in [2.45, 2.75) is 31.4 Å². The van der Waals surface area contributed by atoms with Gasteiger partial charge < -0.3 is 25.6 Å². The van der Waals surface area contributed by atoms with E-state index in [4.69, 9.17) is 10.5 Å². The largest absolute Gasteiger partial charge is 0.573 e. The third-order valence-electron chi connectivity index (χ3n) is 3.56. The zero-order chi connectivity index (χ0) is 17.1. The summed E-state index contributed by atoms with van der Waals surface area (Å²) in [6.45, 7) is 2.12. The number of nitrogens with zero attached hydrogens (tertiary/aromatic N) is 1. The summed E-state index contributed by atoms with van der Waals surface area (Å²) in [5, 5.41) is 12.8. The predicted molar refractivity (Wildman–Crippen MR) is 78.2 cm³/mol. The molecule has 6 nitrogen and oxygen atoms in total. The molecular formula is C14H18F3N3O3. The standard InChI is InChI=1S/C14H18F3N3O3/c1-9-13(21,6-7-22-9)8-19-12(18)20-10-4-2-3-5-11(10)23-14(15,16)17/h2-5,9,21H,6-8H2,1H3,(H3,18,19,20). The molecular weight excluding hydrogens is 315 g/mol. The van der Waals surface area contributed by atoms with Crippen LogP contribution in [0.15, 0.2) is 29.3 Å². The number of aliphatic hydroxyl groups is 1. The lowest BCUT2D eigenvalue weighted by Gasteiger charge is -2.23. The molecule has 0 spiro atoms. The van der Waals surface area contributed by atoms with Crippen LogP contribution in [0, 0.1) is 0 Å². The monoisotopic (exact) mass is 333 g/mol. The first kappa shape index (κ1) is 17.4. The minimum Gasteiger partial charge on any atom is -0.404 e. The van der Waals surface area contributed by atoms with Crippen LogP contribution in [-0.4, -0.2) is 42.3 Å². The maximum atomic E-state index is 12.3. The van der Waals surface area contributed by atoms with Crippen molar-refractivity contribution in [3.8, 4) is 5.75 Å². The summed E-state index contributed by atoms with van der Waals surface area (Å²) in [4.78, 5) is 3.98. The fourth-order valence-electron chi connectivity index (χ4n) is 2.16. The fourth-order valence-corrected chi connectivity index (χ4v) is 2.16. The number of hydrogen-bond donors (Lipinski definition) is 3. The molecule has 1 aliphatic rings. The van der Waals surface area contributed by atoms with Crippen LogP contribution < -0.4 is 15.8 Å². The molecule has 0 amide bonds. The molecule has 4 N–H and O–H groups in total. The van der Waals surface area contributed by atoms with Crippen LogP contribution in [-0.2, 0) is 4.74 Å². The van der Waals surface area contributed by atoms with Crippen LogP contribution in [0.3, 0.4) is 0 Å². The molecule has 9 heteroatoms. The van der Waals surface area contributed by atoms with Gasteiger partial charge in [-0.3, -0.25) is 4.99 Å². The van der Waals surface area contributed by atoms with Crippen LogP contribution >= 0.6 is 0 Å². The highest BCUT2D eigenvalue weighted by Gasteiger charge is 2.39. The predicted octanol–water partition coefficient (Wildman–Crippen LogP) is 1.85. The van der Waals surface area contributed by atoms with Crippen molar-refractivity contribution in [2.75, 3.05) is 18.5 Å². The van der Waals surface area contributed by atoms with E-state index in [2.05, 4.69) is 15.0 Å². The zero-order valence-electron chi connectivity index (χ0n) is 12.4. The van der Waals surface area contributed by atoms with E-state index < -0.39 is 17.7 Å². The number of rotatable bonds is 4. The molecule has 0 radical (unpaired) electrons. The molecule has 23 heavy (non-hydrogen) atoms. The third kappa shape index (κ3) is 4.73. The molecule has 2 rings (SSSR count). The number of nitrogens with one attached hydrogen (secondary N) is 1. The lowest BCUT2D eigenvalue weighted by molar-refractivity contribution is -0.274. The minimum absolute atomic E-state index is 0.0186. The first-order valence-corrected chi connectivity index (χ1v) is 6.95. The van der Waals surface area contributed by atoms with Crippen molar-refractivity contribution < 1.29 is 27.8 Å². The Bertz CT molecular complexity index is 580. The van der Waals surface area contributed by atoms with Crippen LogP contribution in [0.2, 0.25) is 0 Å². The second-order valence-corrected chi connectivity index (χ2v) is 5.24. The van der Waals surface area contributed by atoms with E-state index in [0.29, 0.717) is 13.0 Å². The molecule has 2 atom stereocenters. The van der Waals surface area contributed by atoms with Gasteiger partial charge in [-0.15, -0.1) is 13.2 Å². The van der Waals surface area contributed by atoms with E-state index in [1.807, 2.05) is 0 Å². The molecule has 1 aromatic carbocycles. The van der Waals surface area contributed by atoms with E-state index in [0.717, 1.165) is 6.07 Å². The summed E-state index contributed by atoms with van der Waals surface area (Å²) in [6.07, 6.45) is -4.78. The molecule has 1 aromatic rings. The van der Waals surface area contributed by atoms with E-state index in [1.165, 1.54) is 18.2 Å².